The van der Waals surface area contributed by atoms with Crippen molar-refractivity contribution in [3.05, 3.63) is 63.1 Å². The van der Waals surface area contributed by atoms with Crippen LogP contribution in [0.4, 0.5) is 0 Å². The zero-order valence-corrected chi connectivity index (χ0v) is 14.1. The van der Waals surface area contributed by atoms with Crippen LogP contribution in [0.5, 0.6) is 5.75 Å². The molecule has 112 valence electrons. The molecule has 2 rings (SSSR count). The van der Waals surface area contributed by atoms with Crippen LogP contribution in [-0.2, 0) is 0 Å². The smallest absolute Gasteiger partial charge is 0.119 e. The van der Waals surface area contributed by atoms with Crippen molar-refractivity contribution in [3.8, 4) is 5.75 Å². The van der Waals surface area contributed by atoms with Crippen molar-refractivity contribution in [2.45, 2.75) is 19.4 Å². The number of ether oxygens (including phenoxy) is 1. The minimum absolute atomic E-state index is 0.0983. The highest BCUT2D eigenvalue weighted by atomic mass is 79.9. The summed E-state index contributed by atoms with van der Waals surface area (Å²) < 4.78 is 6.44. The van der Waals surface area contributed by atoms with E-state index in [1.165, 1.54) is 0 Å². The third-order valence-corrected chi connectivity index (χ3v) is 4.34. The molecule has 3 nitrogen and oxygen atoms in total. The summed E-state index contributed by atoms with van der Waals surface area (Å²) >= 11 is 9.46. The Hall–Kier alpha value is -1.07. The van der Waals surface area contributed by atoms with Crippen LogP contribution in [0, 0.1) is 0 Å². The normalized spacial score (nSPS) is 12.2. The van der Waals surface area contributed by atoms with Crippen LogP contribution in [0.25, 0.3) is 0 Å². The second kappa shape index (κ2) is 7.80. The Morgan fingerprint density at radius 3 is 2.43 bits per heavy atom. The van der Waals surface area contributed by atoms with Gasteiger partial charge in [-0.15, -0.1) is 0 Å². The van der Waals surface area contributed by atoms with Crippen LogP contribution in [0.2, 0.25) is 5.02 Å². The van der Waals surface area contributed by atoms with E-state index in [9.17, 15) is 0 Å². The Balaban J connectivity index is 2.22. The largest absolute Gasteiger partial charge is 0.494 e. The second-order valence-electron chi connectivity index (χ2n) is 4.69. The molecular weight excluding hydrogens is 352 g/mol. The van der Waals surface area contributed by atoms with E-state index in [0.29, 0.717) is 5.02 Å². The van der Waals surface area contributed by atoms with E-state index in [-0.39, 0.29) is 6.04 Å². The molecule has 0 aliphatic rings. The van der Waals surface area contributed by atoms with Gasteiger partial charge in [-0.05, 0) is 57.7 Å². The maximum atomic E-state index is 6.03. The van der Waals surface area contributed by atoms with Crippen molar-refractivity contribution >= 4 is 27.5 Å². The fourth-order valence-electron chi connectivity index (χ4n) is 2.05. The minimum atomic E-state index is -0.0983. The average Bonchev–Trinajstić information content (AvgIpc) is 2.50. The summed E-state index contributed by atoms with van der Waals surface area (Å²) in [7, 11) is 0. The van der Waals surface area contributed by atoms with Crippen LogP contribution in [0.1, 0.15) is 30.5 Å². The minimum Gasteiger partial charge on any atom is -0.494 e. The van der Waals surface area contributed by atoms with Gasteiger partial charge in [0.2, 0.25) is 0 Å². The maximum Gasteiger partial charge on any atom is 0.119 e. The molecule has 0 aliphatic heterocycles. The number of hydrazine groups is 1. The molecule has 5 heteroatoms. The van der Waals surface area contributed by atoms with Crippen molar-refractivity contribution in [1.29, 1.82) is 0 Å². The summed E-state index contributed by atoms with van der Waals surface area (Å²) in [6.07, 6.45) is 0.994. The molecular formula is C16H18BrClN2O. The molecule has 0 bridgehead atoms. The molecule has 0 fully saturated rings. The number of halogens is 2. The molecule has 0 aromatic heterocycles. The van der Waals surface area contributed by atoms with Gasteiger partial charge >= 0.3 is 0 Å². The Kier molecular flexibility index (Phi) is 6.06. The highest BCUT2D eigenvalue weighted by molar-refractivity contribution is 9.10. The summed E-state index contributed by atoms with van der Waals surface area (Å²) in [6.45, 7) is 2.81. The first kappa shape index (κ1) is 16.3. The van der Waals surface area contributed by atoms with Gasteiger partial charge in [-0.25, -0.2) is 5.43 Å². The van der Waals surface area contributed by atoms with Crippen molar-refractivity contribution < 1.29 is 4.74 Å². The van der Waals surface area contributed by atoms with Crippen molar-refractivity contribution in [3.63, 3.8) is 0 Å². The van der Waals surface area contributed by atoms with Gasteiger partial charge in [0.05, 0.1) is 17.7 Å². The van der Waals surface area contributed by atoms with Gasteiger partial charge in [-0.3, -0.25) is 5.84 Å². The lowest BCUT2D eigenvalue weighted by molar-refractivity contribution is 0.317. The monoisotopic (exact) mass is 368 g/mol. The highest BCUT2D eigenvalue weighted by Gasteiger charge is 2.13. The summed E-state index contributed by atoms with van der Waals surface area (Å²) in [5, 5.41) is 0.679. The summed E-state index contributed by atoms with van der Waals surface area (Å²) in [5.74, 6) is 6.58. The van der Waals surface area contributed by atoms with Crippen LogP contribution in [0.3, 0.4) is 0 Å². The zero-order valence-electron chi connectivity index (χ0n) is 11.8. The molecule has 2 aromatic rings. The standard InChI is InChI=1S/C16H18BrClN2O/c1-2-9-21-13-6-3-11(4-7-13)16(20-19)12-5-8-15(18)14(17)10-12/h3-8,10,16,20H,2,9,19H2,1H3. The number of benzene rings is 2. The quantitative estimate of drug-likeness (QED) is 0.584. The Morgan fingerprint density at radius 2 is 1.86 bits per heavy atom. The summed E-state index contributed by atoms with van der Waals surface area (Å²) in [5.41, 5.74) is 4.94. The fraction of sp³-hybridized carbons (Fsp3) is 0.250. The molecule has 21 heavy (non-hydrogen) atoms. The molecule has 1 unspecified atom stereocenters. The first-order valence-corrected chi connectivity index (χ1v) is 7.96. The van der Waals surface area contributed by atoms with Gasteiger partial charge in [0.15, 0.2) is 0 Å². The topological polar surface area (TPSA) is 47.3 Å². The first-order chi connectivity index (χ1) is 10.2. The van der Waals surface area contributed by atoms with E-state index in [4.69, 9.17) is 22.2 Å². The second-order valence-corrected chi connectivity index (χ2v) is 5.95. The predicted molar refractivity (Wildman–Crippen MR) is 90.5 cm³/mol. The van der Waals surface area contributed by atoms with Gasteiger partial charge in [-0.1, -0.05) is 36.7 Å². The Morgan fingerprint density at radius 1 is 1.19 bits per heavy atom. The lowest BCUT2D eigenvalue weighted by Crippen LogP contribution is -2.28. The number of rotatable bonds is 6. The van der Waals surface area contributed by atoms with Crippen LogP contribution >= 0.6 is 27.5 Å². The van der Waals surface area contributed by atoms with E-state index in [1.807, 2.05) is 42.5 Å². The number of nitrogens with one attached hydrogen (secondary N) is 1. The van der Waals surface area contributed by atoms with Crippen molar-refractivity contribution in [2.24, 2.45) is 5.84 Å². The van der Waals surface area contributed by atoms with E-state index < -0.39 is 0 Å². The third kappa shape index (κ3) is 4.20. The van der Waals surface area contributed by atoms with Crippen LogP contribution in [-0.4, -0.2) is 6.61 Å². The number of hydrogen-bond donors (Lipinski definition) is 2. The SMILES string of the molecule is CCCOc1ccc(C(NN)c2ccc(Cl)c(Br)c2)cc1. The summed E-state index contributed by atoms with van der Waals surface area (Å²) in [6, 6.07) is 13.6. The van der Waals surface area contributed by atoms with E-state index >= 15 is 0 Å². The van der Waals surface area contributed by atoms with Gasteiger partial charge in [-0.2, -0.15) is 0 Å². The Labute approximate surface area is 138 Å². The van der Waals surface area contributed by atoms with Gasteiger partial charge in [0.1, 0.15) is 5.75 Å². The number of hydrogen-bond acceptors (Lipinski definition) is 3. The molecule has 0 aliphatic carbocycles. The van der Waals surface area contributed by atoms with Gasteiger partial charge < -0.3 is 4.74 Å². The molecule has 2 aromatic carbocycles. The predicted octanol–water partition coefficient (Wildman–Crippen LogP) is 4.44. The van der Waals surface area contributed by atoms with Gasteiger partial charge in [0.25, 0.3) is 0 Å². The van der Waals surface area contributed by atoms with Crippen LogP contribution in [0.15, 0.2) is 46.9 Å². The van der Waals surface area contributed by atoms with E-state index in [1.54, 1.807) is 0 Å². The average molecular weight is 370 g/mol. The molecule has 0 amide bonds. The molecule has 0 saturated carbocycles. The zero-order chi connectivity index (χ0) is 15.2. The molecule has 3 N–H and O–H groups in total. The lowest BCUT2D eigenvalue weighted by Gasteiger charge is -2.18. The summed E-state index contributed by atoms with van der Waals surface area (Å²) in [4.78, 5) is 0. The van der Waals surface area contributed by atoms with E-state index in [0.717, 1.165) is 34.4 Å². The third-order valence-electron chi connectivity index (χ3n) is 3.13. The van der Waals surface area contributed by atoms with Crippen molar-refractivity contribution in [1.82, 2.24) is 5.43 Å². The highest BCUT2D eigenvalue weighted by Crippen LogP contribution is 2.29. The molecule has 0 heterocycles. The maximum absolute atomic E-state index is 6.03. The lowest BCUT2D eigenvalue weighted by atomic mass is 9.99. The molecule has 0 spiro atoms. The first-order valence-electron chi connectivity index (χ1n) is 6.79. The van der Waals surface area contributed by atoms with Crippen molar-refractivity contribution in [2.75, 3.05) is 6.61 Å². The van der Waals surface area contributed by atoms with Gasteiger partial charge in [0, 0.05) is 4.47 Å². The van der Waals surface area contributed by atoms with E-state index in [2.05, 4.69) is 28.3 Å². The molecule has 0 saturated heterocycles. The number of nitrogens with two attached hydrogens (primary N) is 1. The fourth-order valence-corrected chi connectivity index (χ4v) is 2.57. The Bertz CT molecular complexity index is 589. The van der Waals surface area contributed by atoms with Crippen LogP contribution < -0.4 is 16.0 Å². The molecule has 0 radical (unpaired) electrons. The molecule has 1 atom stereocenters.